The summed E-state index contributed by atoms with van der Waals surface area (Å²) in [6.07, 6.45) is 3.16. The van der Waals surface area contributed by atoms with Gasteiger partial charge in [0.2, 0.25) is 17.7 Å². The van der Waals surface area contributed by atoms with Crippen molar-refractivity contribution in [2.45, 2.75) is 38.1 Å². The third-order valence-corrected chi connectivity index (χ3v) is 5.39. The van der Waals surface area contributed by atoms with Crippen molar-refractivity contribution in [1.29, 1.82) is 0 Å². The number of thiazole rings is 1. The van der Waals surface area contributed by atoms with E-state index in [1.165, 1.54) is 16.2 Å². The lowest BCUT2D eigenvalue weighted by Gasteiger charge is -2.26. The van der Waals surface area contributed by atoms with E-state index in [1.54, 1.807) is 23.9 Å². The van der Waals surface area contributed by atoms with E-state index in [2.05, 4.69) is 4.98 Å². The van der Waals surface area contributed by atoms with E-state index >= 15 is 0 Å². The predicted octanol–water partition coefficient (Wildman–Crippen LogP) is 0.892. The second-order valence-corrected chi connectivity index (χ2v) is 7.26. The van der Waals surface area contributed by atoms with Crippen molar-refractivity contribution in [2.75, 3.05) is 32.1 Å². The molecule has 7 nitrogen and oxygen atoms in total. The topological polar surface area (TPSA) is 73.8 Å². The minimum absolute atomic E-state index is 0.0255. The van der Waals surface area contributed by atoms with Crippen LogP contribution in [0.4, 0.5) is 5.13 Å². The van der Waals surface area contributed by atoms with E-state index in [0.717, 1.165) is 12.8 Å². The minimum Gasteiger partial charge on any atom is -0.347 e. The Morgan fingerprint density at radius 1 is 1.33 bits per heavy atom. The Morgan fingerprint density at radius 2 is 2.12 bits per heavy atom. The Morgan fingerprint density at radius 3 is 2.79 bits per heavy atom. The number of nitrogens with zero attached hydrogens (tertiary/aromatic N) is 4. The number of rotatable bonds is 4. The monoisotopic (exact) mass is 350 g/mol. The predicted molar refractivity (Wildman–Crippen MR) is 90.8 cm³/mol. The lowest BCUT2D eigenvalue weighted by Crippen LogP contribution is -2.46. The fourth-order valence-corrected chi connectivity index (χ4v) is 4.10. The number of anilines is 1. The average Bonchev–Trinajstić information content (AvgIpc) is 3.25. The molecule has 2 aliphatic rings. The average molecular weight is 350 g/mol. The first-order valence-corrected chi connectivity index (χ1v) is 9.10. The van der Waals surface area contributed by atoms with Gasteiger partial charge in [0, 0.05) is 39.0 Å². The van der Waals surface area contributed by atoms with Gasteiger partial charge in [-0.05, 0) is 19.3 Å². The Bertz CT molecular complexity index is 658. The molecule has 3 amide bonds. The normalized spacial score (nSPS) is 20.8. The quantitative estimate of drug-likeness (QED) is 0.808. The summed E-state index contributed by atoms with van der Waals surface area (Å²) in [7, 11) is 3.42. The first-order chi connectivity index (χ1) is 11.5. The minimum atomic E-state index is -0.356. The standard InChI is InChI=1S/C16H22N4O3S/c1-18(2)15(23)12-5-3-7-19(12)14(22)9-11-10-24-16(17-11)20-8-4-6-13(20)21/h10,12H,3-9H2,1-2H3. The molecule has 0 radical (unpaired) electrons. The summed E-state index contributed by atoms with van der Waals surface area (Å²) in [6.45, 7) is 1.32. The fourth-order valence-electron chi connectivity index (χ4n) is 3.23. The second-order valence-electron chi connectivity index (χ2n) is 6.42. The molecule has 2 aliphatic heterocycles. The summed E-state index contributed by atoms with van der Waals surface area (Å²) >= 11 is 1.40. The lowest BCUT2D eigenvalue weighted by atomic mass is 10.2. The maximum atomic E-state index is 12.6. The van der Waals surface area contributed by atoms with Crippen molar-refractivity contribution in [3.05, 3.63) is 11.1 Å². The van der Waals surface area contributed by atoms with E-state index in [1.807, 2.05) is 5.38 Å². The van der Waals surface area contributed by atoms with Crippen LogP contribution < -0.4 is 4.90 Å². The molecule has 1 aromatic heterocycles. The molecule has 3 rings (SSSR count). The number of hydrogen-bond donors (Lipinski definition) is 0. The highest BCUT2D eigenvalue weighted by molar-refractivity contribution is 7.14. The smallest absolute Gasteiger partial charge is 0.244 e. The SMILES string of the molecule is CN(C)C(=O)C1CCCN1C(=O)Cc1csc(N2CCCC2=O)n1. The van der Waals surface area contributed by atoms with Crippen LogP contribution in [-0.4, -0.2) is 65.7 Å². The Hall–Kier alpha value is -1.96. The molecule has 1 unspecified atom stereocenters. The summed E-state index contributed by atoms with van der Waals surface area (Å²) in [5.41, 5.74) is 0.669. The first kappa shape index (κ1) is 16.9. The summed E-state index contributed by atoms with van der Waals surface area (Å²) in [5.74, 6) is -0.00167. The van der Waals surface area contributed by atoms with Crippen LogP contribution in [-0.2, 0) is 20.8 Å². The lowest BCUT2D eigenvalue weighted by molar-refractivity contribution is -0.141. The molecule has 130 valence electrons. The van der Waals surface area contributed by atoms with Gasteiger partial charge in [-0.15, -0.1) is 11.3 Å². The van der Waals surface area contributed by atoms with E-state index in [9.17, 15) is 14.4 Å². The van der Waals surface area contributed by atoms with E-state index in [4.69, 9.17) is 0 Å². The highest BCUT2D eigenvalue weighted by atomic mass is 32.1. The Kier molecular flexibility index (Phi) is 4.84. The van der Waals surface area contributed by atoms with E-state index in [0.29, 0.717) is 36.8 Å². The summed E-state index contributed by atoms with van der Waals surface area (Å²) in [6, 6.07) is -0.356. The van der Waals surface area contributed by atoms with Crippen molar-refractivity contribution in [1.82, 2.24) is 14.8 Å². The number of likely N-dealkylation sites (N-methyl/N-ethyl adjacent to an activating group) is 1. The molecule has 0 N–H and O–H groups in total. The molecule has 0 aliphatic carbocycles. The molecule has 1 aromatic rings. The third kappa shape index (κ3) is 3.28. The number of aromatic nitrogens is 1. The molecule has 0 spiro atoms. The molecular weight excluding hydrogens is 328 g/mol. The van der Waals surface area contributed by atoms with Gasteiger partial charge in [0.15, 0.2) is 5.13 Å². The molecule has 2 fully saturated rings. The van der Waals surface area contributed by atoms with Crippen LogP contribution in [0.1, 0.15) is 31.4 Å². The number of amides is 3. The van der Waals surface area contributed by atoms with Gasteiger partial charge >= 0.3 is 0 Å². The van der Waals surface area contributed by atoms with Gasteiger partial charge in [-0.1, -0.05) is 0 Å². The van der Waals surface area contributed by atoms with Gasteiger partial charge in [0.05, 0.1) is 12.1 Å². The van der Waals surface area contributed by atoms with Crippen LogP contribution in [0.25, 0.3) is 0 Å². The zero-order chi connectivity index (χ0) is 17.3. The van der Waals surface area contributed by atoms with Crippen molar-refractivity contribution in [3.8, 4) is 0 Å². The highest BCUT2D eigenvalue weighted by Gasteiger charge is 2.35. The van der Waals surface area contributed by atoms with Crippen LogP contribution in [0.15, 0.2) is 5.38 Å². The van der Waals surface area contributed by atoms with Crippen LogP contribution >= 0.6 is 11.3 Å². The summed E-state index contributed by atoms with van der Waals surface area (Å²) in [4.78, 5) is 45.9. The van der Waals surface area contributed by atoms with Crippen molar-refractivity contribution in [2.24, 2.45) is 0 Å². The maximum Gasteiger partial charge on any atom is 0.244 e. The molecule has 2 saturated heterocycles. The third-order valence-electron chi connectivity index (χ3n) is 4.48. The zero-order valence-corrected chi connectivity index (χ0v) is 14.8. The molecule has 0 bridgehead atoms. The number of carbonyl (C=O) groups excluding carboxylic acids is 3. The van der Waals surface area contributed by atoms with Gasteiger partial charge in [0.1, 0.15) is 6.04 Å². The largest absolute Gasteiger partial charge is 0.347 e. The zero-order valence-electron chi connectivity index (χ0n) is 14.0. The van der Waals surface area contributed by atoms with Gasteiger partial charge in [-0.3, -0.25) is 19.3 Å². The van der Waals surface area contributed by atoms with E-state index < -0.39 is 0 Å². The molecule has 8 heteroatoms. The van der Waals surface area contributed by atoms with Crippen molar-refractivity contribution >= 4 is 34.2 Å². The molecule has 1 atom stereocenters. The van der Waals surface area contributed by atoms with Crippen LogP contribution in [0.5, 0.6) is 0 Å². The number of likely N-dealkylation sites (tertiary alicyclic amines) is 1. The molecule has 0 aromatic carbocycles. The van der Waals surface area contributed by atoms with Gasteiger partial charge < -0.3 is 9.80 Å². The fraction of sp³-hybridized carbons (Fsp3) is 0.625. The number of carbonyl (C=O) groups is 3. The highest BCUT2D eigenvalue weighted by Crippen LogP contribution is 2.26. The number of hydrogen-bond acceptors (Lipinski definition) is 5. The first-order valence-electron chi connectivity index (χ1n) is 8.23. The van der Waals surface area contributed by atoms with Gasteiger partial charge in [0.25, 0.3) is 0 Å². The Labute approximate surface area is 145 Å². The summed E-state index contributed by atoms with van der Waals surface area (Å²) in [5, 5.41) is 2.50. The molecule has 0 saturated carbocycles. The summed E-state index contributed by atoms with van der Waals surface area (Å²) < 4.78 is 0. The van der Waals surface area contributed by atoms with E-state index in [-0.39, 0.29) is 30.2 Å². The molecular formula is C16H22N4O3S. The second kappa shape index (κ2) is 6.88. The van der Waals surface area contributed by atoms with Crippen LogP contribution in [0.2, 0.25) is 0 Å². The molecule has 24 heavy (non-hydrogen) atoms. The van der Waals surface area contributed by atoms with Crippen molar-refractivity contribution < 1.29 is 14.4 Å². The maximum absolute atomic E-state index is 12.6. The van der Waals surface area contributed by atoms with Gasteiger partial charge in [-0.2, -0.15) is 0 Å². The van der Waals surface area contributed by atoms with Gasteiger partial charge in [-0.25, -0.2) is 4.98 Å². The van der Waals surface area contributed by atoms with Crippen molar-refractivity contribution in [3.63, 3.8) is 0 Å². The molecule has 3 heterocycles. The van der Waals surface area contributed by atoms with Crippen LogP contribution in [0.3, 0.4) is 0 Å². The van der Waals surface area contributed by atoms with Crippen LogP contribution in [0, 0.1) is 0 Å². The Balaban J connectivity index is 1.65.